The van der Waals surface area contributed by atoms with E-state index in [0.29, 0.717) is 16.3 Å². The maximum Gasteiger partial charge on any atom is 0.347 e. The van der Waals surface area contributed by atoms with Crippen molar-refractivity contribution in [1.82, 2.24) is 10.1 Å². The Hall–Kier alpha value is -1.34. The topological polar surface area (TPSA) is 76.2 Å². The number of hydrogen-bond donors (Lipinski definition) is 1. The zero-order valence-electron chi connectivity index (χ0n) is 8.34. The molecule has 5 nitrogen and oxygen atoms in total. The molecule has 0 amide bonds. The number of aromatic carboxylic acids is 1. The Labute approximate surface area is 99.5 Å². The second-order valence-electron chi connectivity index (χ2n) is 2.97. The number of nitrogens with zero attached hydrogens (tertiary/aromatic N) is 2. The first-order chi connectivity index (χ1) is 7.66. The number of carboxylic acids is 1. The van der Waals surface area contributed by atoms with Crippen molar-refractivity contribution < 1.29 is 14.4 Å². The molecular weight excluding hydrogens is 248 g/mol. The Balaban J connectivity index is 2.05. The van der Waals surface area contributed by atoms with Crippen LogP contribution in [0.15, 0.2) is 21.1 Å². The monoisotopic (exact) mass is 256 g/mol. The molecule has 2 aromatic heterocycles. The Morgan fingerprint density at radius 2 is 2.50 bits per heavy atom. The van der Waals surface area contributed by atoms with Gasteiger partial charge in [0, 0.05) is 6.07 Å². The van der Waals surface area contributed by atoms with Crippen LogP contribution < -0.4 is 0 Å². The molecule has 0 spiro atoms. The number of aromatic nitrogens is 2. The summed E-state index contributed by atoms with van der Waals surface area (Å²) in [7, 11) is 0. The highest BCUT2D eigenvalue weighted by Gasteiger charge is 2.14. The first-order valence-corrected chi connectivity index (χ1v) is 6.20. The molecule has 2 aromatic rings. The molecule has 0 aromatic carbocycles. The molecule has 0 aliphatic heterocycles. The third-order valence-corrected chi connectivity index (χ3v) is 4.11. The Morgan fingerprint density at radius 3 is 3.06 bits per heavy atom. The molecule has 0 fully saturated rings. The van der Waals surface area contributed by atoms with Crippen LogP contribution in [0.1, 0.15) is 21.1 Å². The highest BCUT2D eigenvalue weighted by molar-refractivity contribution is 8.00. The lowest BCUT2D eigenvalue weighted by Crippen LogP contribution is -1.94. The summed E-state index contributed by atoms with van der Waals surface area (Å²) in [6, 6.07) is 1.77. The smallest absolute Gasteiger partial charge is 0.347 e. The average molecular weight is 256 g/mol. The van der Waals surface area contributed by atoms with Crippen molar-refractivity contribution in [3.63, 3.8) is 0 Å². The van der Waals surface area contributed by atoms with Gasteiger partial charge in [-0.1, -0.05) is 16.9 Å². The third-order valence-electron chi connectivity index (χ3n) is 1.80. The van der Waals surface area contributed by atoms with Crippen LogP contribution in [0.3, 0.4) is 0 Å². The lowest BCUT2D eigenvalue weighted by atomic mass is 10.4. The predicted octanol–water partition coefficient (Wildman–Crippen LogP) is 2.43. The van der Waals surface area contributed by atoms with Gasteiger partial charge in [0.25, 0.3) is 0 Å². The van der Waals surface area contributed by atoms with Crippen molar-refractivity contribution in [2.45, 2.75) is 17.0 Å². The molecule has 0 aliphatic rings. The van der Waals surface area contributed by atoms with Crippen molar-refractivity contribution in [3.05, 3.63) is 28.6 Å². The van der Waals surface area contributed by atoms with E-state index in [-0.39, 0.29) is 0 Å². The lowest BCUT2D eigenvalue weighted by Gasteiger charge is -1.90. The predicted molar refractivity (Wildman–Crippen MR) is 59.9 cm³/mol. The third kappa shape index (κ3) is 2.42. The minimum absolute atomic E-state index is 0.292. The van der Waals surface area contributed by atoms with Gasteiger partial charge in [-0.3, -0.25) is 0 Å². The summed E-state index contributed by atoms with van der Waals surface area (Å²) in [5, 5.41) is 12.4. The molecule has 84 valence electrons. The van der Waals surface area contributed by atoms with Gasteiger partial charge in [0.2, 0.25) is 0 Å². The minimum Gasteiger partial charge on any atom is -0.477 e. The maximum atomic E-state index is 10.8. The van der Waals surface area contributed by atoms with Crippen molar-refractivity contribution in [3.8, 4) is 0 Å². The summed E-state index contributed by atoms with van der Waals surface area (Å²) in [6.07, 6.45) is 1.58. The SMILES string of the molecule is Cc1nc(SCc2ccno2)sc1C(=O)O. The number of carboxylic acid groups (broad SMARTS) is 1. The van der Waals surface area contributed by atoms with Gasteiger partial charge < -0.3 is 9.63 Å². The number of aryl methyl sites for hydroxylation is 1. The number of carbonyl (C=O) groups is 1. The van der Waals surface area contributed by atoms with Crippen LogP contribution in [0, 0.1) is 6.92 Å². The van der Waals surface area contributed by atoms with Crippen LogP contribution in [-0.4, -0.2) is 21.2 Å². The number of rotatable bonds is 4. The number of thioether (sulfide) groups is 1. The zero-order chi connectivity index (χ0) is 11.5. The van der Waals surface area contributed by atoms with Gasteiger partial charge in [0.15, 0.2) is 4.34 Å². The minimum atomic E-state index is -0.929. The van der Waals surface area contributed by atoms with E-state index in [2.05, 4.69) is 10.1 Å². The molecule has 0 saturated carbocycles. The van der Waals surface area contributed by atoms with Crippen LogP contribution in [0.5, 0.6) is 0 Å². The molecule has 16 heavy (non-hydrogen) atoms. The van der Waals surface area contributed by atoms with Crippen LogP contribution in [0.4, 0.5) is 0 Å². The fourth-order valence-electron chi connectivity index (χ4n) is 1.08. The Bertz CT molecular complexity index is 493. The molecule has 0 saturated heterocycles. The first kappa shape index (κ1) is 11.2. The van der Waals surface area contributed by atoms with Crippen LogP contribution in [-0.2, 0) is 5.75 Å². The molecule has 0 atom stereocenters. The highest BCUT2D eigenvalue weighted by Crippen LogP contribution is 2.29. The van der Waals surface area contributed by atoms with E-state index >= 15 is 0 Å². The summed E-state index contributed by atoms with van der Waals surface area (Å²) >= 11 is 2.62. The summed E-state index contributed by atoms with van der Waals surface area (Å²) in [4.78, 5) is 15.3. The van der Waals surface area contributed by atoms with Gasteiger partial charge in [0.05, 0.1) is 17.6 Å². The van der Waals surface area contributed by atoms with Gasteiger partial charge in [-0.05, 0) is 6.92 Å². The molecule has 2 rings (SSSR count). The first-order valence-electron chi connectivity index (χ1n) is 4.40. The van der Waals surface area contributed by atoms with E-state index < -0.39 is 5.97 Å². The largest absolute Gasteiger partial charge is 0.477 e. The van der Waals surface area contributed by atoms with Crippen molar-refractivity contribution >= 4 is 29.1 Å². The number of hydrogen-bond acceptors (Lipinski definition) is 6. The van der Waals surface area contributed by atoms with Crippen molar-refractivity contribution in [2.75, 3.05) is 0 Å². The summed E-state index contributed by atoms with van der Waals surface area (Å²) in [6.45, 7) is 1.69. The van der Waals surface area contributed by atoms with E-state index in [9.17, 15) is 4.79 Å². The van der Waals surface area contributed by atoms with Crippen LogP contribution in [0.2, 0.25) is 0 Å². The molecule has 2 heterocycles. The fraction of sp³-hybridized carbons (Fsp3) is 0.222. The van der Waals surface area contributed by atoms with E-state index in [4.69, 9.17) is 9.63 Å². The average Bonchev–Trinajstić information content (AvgIpc) is 2.83. The van der Waals surface area contributed by atoms with Gasteiger partial charge in [-0.15, -0.1) is 11.3 Å². The number of thiazole rings is 1. The lowest BCUT2D eigenvalue weighted by molar-refractivity contribution is 0.0701. The van der Waals surface area contributed by atoms with Crippen molar-refractivity contribution in [1.29, 1.82) is 0 Å². The van der Waals surface area contributed by atoms with Gasteiger partial charge >= 0.3 is 5.97 Å². The molecular formula is C9H8N2O3S2. The highest BCUT2D eigenvalue weighted by atomic mass is 32.2. The Kier molecular flexibility index (Phi) is 3.25. The van der Waals surface area contributed by atoms with Crippen molar-refractivity contribution in [2.24, 2.45) is 0 Å². The van der Waals surface area contributed by atoms with Gasteiger partial charge in [-0.25, -0.2) is 9.78 Å². The molecule has 1 N–H and O–H groups in total. The Morgan fingerprint density at radius 1 is 1.69 bits per heavy atom. The maximum absolute atomic E-state index is 10.8. The molecule has 0 aliphatic carbocycles. The summed E-state index contributed by atoms with van der Waals surface area (Å²) in [5.41, 5.74) is 0.553. The van der Waals surface area contributed by atoms with Crippen LogP contribution >= 0.6 is 23.1 Å². The molecule has 0 unspecified atom stereocenters. The fourth-order valence-corrected chi connectivity index (χ4v) is 3.00. The second kappa shape index (κ2) is 4.67. The summed E-state index contributed by atoms with van der Waals surface area (Å²) in [5.74, 6) is 0.419. The van der Waals surface area contributed by atoms with E-state index in [0.717, 1.165) is 10.1 Å². The normalized spacial score (nSPS) is 10.6. The van der Waals surface area contributed by atoms with E-state index in [1.165, 1.54) is 23.1 Å². The van der Waals surface area contributed by atoms with E-state index in [1.807, 2.05) is 0 Å². The molecule has 7 heteroatoms. The van der Waals surface area contributed by atoms with Gasteiger partial charge in [-0.2, -0.15) is 0 Å². The van der Waals surface area contributed by atoms with Gasteiger partial charge in [0.1, 0.15) is 10.6 Å². The summed E-state index contributed by atoms with van der Waals surface area (Å²) < 4.78 is 5.66. The van der Waals surface area contributed by atoms with E-state index in [1.54, 1.807) is 19.2 Å². The quantitative estimate of drug-likeness (QED) is 0.847. The molecule has 0 radical (unpaired) electrons. The zero-order valence-corrected chi connectivity index (χ0v) is 9.97. The second-order valence-corrected chi connectivity index (χ2v) is 5.19. The van der Waals surface area contributed by atoms with Crippen LogP contribution in [0.25, 0.3) is 0 Å². The molecule has 0 bridgehead atoms. The standard InChI is InChI=1S/C9H8N2O3S2/c1-5-7(8(12)13)16-9(11-5)15-4-6-2-3-10-14-6/h2-3H,4H2,1H3,(H,12,13).